The molecule has 2 aliphatic heterocycles. The van der Waals surface area contributed by atoms with Gasteiger partial charge in [0.05, 0.1) is 31.0 Å². The molecule has 4 N–H and O–H groups in total. The normalized spacial score (nSPS) is 22.2. The van der Waals surface area contributed by atoms with Crippen LogP contribution in [-0.2, 0) is 4.79 Å². The highest BCUT2D eigenvalue weighted by Crippen LogP contribution is 2.31. The molecule has 3 atom stereocenters. The van der Waals surface area contributed by atoms with Crippen molar-refractivity contribution in [2.24, 2.45) is 5.73 Å². The van der Waals surface area contributed by atoms with Gasteiger partial charge in [-0.1, -0.05) is 40.9 Å². The second-order valence-electron chi connectivity index (χ2n) is 8.09. The number of hydrogen-bond donors (Lipinski definition) is 3. The van der Waals surface area contributed by atoms with Crippen LogP contribution >= 0.6 is 34.8 Å². The van der Waals surface area contributed by atoms with Gasteiger partial charge in [-0.25, -0.2) is 4.98 Å². The van der Waals surface area contributed by atoms with E-state index < -0.39 is 6.17 Å². The smallest absolute Gasteiger partial charge is 0.239 e. The van der Waals surface area contributed by atoms with E-state index in [2.05, 4.69) is 20.6 Å². The molecule has 1 aromatic carbocycles. The zero-order chi connectivity index (χ0) is 22.8. The lowest BCUT2D eigenvalue weighted by Gasteiger charge is -2.40. The number of nitrogens with zero attached hydrogens (tertiary/aromatic N) is 4. The van der Waals surface area contributed by atoms with Crippen molar-refractivity contribution in [3.05, 3.63) is 45.0 Å². The van der Waals surface area contributed by atoms with Crippen LogP contribution in [-0.4, -0.2) is 59.2 Å². The topological polar surface area (TPSA) is 99.4 Å². The number of nitrogens with two attached hydrogens (primary N) is 1. The van der Waals surface area contributed by atoms with Crippen molar-refractivity contribution in [3.63, 3.8) is 0 Å². The molecular weight excluding hydrogens is 473 g/mol. The van der Waals surface area contributed by atoms with Gasteiger partial charge in [-0.15, -0.1) is 0 Å². The molecule has 1 aromatic heterocycles. The molecule has 0 saturated carbocycles. The SMILES string of the molecule is C[C@@H](Nc1nc(N2CCN(C(=O)[C@H]3CCCN3)C[C@H]2N)ncc1Cl)c1ccc(Cl)cc1Cl. The van der Waals surface area contributed by atoms with Crippen LogP contribution in [0, 0.1) is 0 Å². The molecule has 172 valence electrons. The number of nitrogens with one attached hydrogen (secondary N) is 2. The number of rotatable bonds is 5. The second kappa shape index (κ2) is 9.97. The van der Waals surface area contributed by atoms with Gasteiger partial charge >= 0.3 is 0 Å². The summed E-state index contributed by atoms with van der Waals surface area (Å²) in [6, 6.07) is 5.09. The van der Waals surface area contributed by atoms with Crippen LogP contribution in [0.4, 0.5) is 11.8 Å². The van der Waals surface area contributed by atoms with Gasteiger partial charge in [-0.05, 0) is 44.0 Å². The summed E-state index contributed by atoms with van der Waals surface area (Å²) in [6.45, 7) is 4.37. The fraction of sp³-hybridized carbons (Fsp3) is 0.476. The molecule has 8 nitrogen and oxygen atoms in total. The average Bonchev–Trinajstić information content (AvgIpc) is 3.29. The highest BCUT2D eigenvalue weighted by Gasteiger charge is 2.33. The lowest BCUT2D eigenvalue weighted by atomic mass is 10.1. The second-order valence-corrected chi connectivity index (χ2v) is 9.34. The number of benzene rings is 1. The summed E-state index contributed by atoms with van der Waals surface area (Å²) in [5.74, 6) is 1.06. The predicted molar refractivity (Wildman–Crippen MR) is 128 cm³/mol. The summed E-state index contributed by atoms with van der Waals surface area (Å²) in [4.78, 5) is 25.4. The number of carbonyl (C=O) groups is 1. The Morgan fingerprint density at radius 2 is 2.09 bits per heavy atom. The van der Waals surface area contributed by atoms with E-state index in [9.17, 15) is 4.79 Å². The maximum Gasteiger partial charge on any atom is 0.239 e. The van der Waals surface area contributed by atoms with Gasteiger partial charge in [0, 0.05) is 23.1 Å². The summed E-state index contributed by atoms with van der Waals surface area (Å²) in [5.41, 5.74) is 7.27. The van der Waals surface area contributed by atoms with Gasteiger partial charge in [0.2, 0.25) is 11.9 Å². The Kier molecular flexibility index (Phi) is 7.27. The maximum atomic E-state index is 12.7. The Morgan fingerprint density at radius 3 is 2.78 bits per heavy atom. The van der Waals surface area contributed by atoms with Crippen LogP contribution in [0.25, 0.3) is 0 Å². The highest BCUT2D eigenvalue weighted by atomic mass is 35.5. The van der Waals surface area contributed by atoms with E-state index >= 15 is 0 Å². The van der Waals surface area contributed by atoms with Crippen LogP contribution in [0.2, 0.25) is 15.1 Å². The van der Waals surface area contributed by atoms with Crippen LogP contribution in [0.15, 0.2) is 24.4 Å². The molecule has 4 rings (SSSR count). The van der Waals surface area contributed by atoms with Crippen molar-refractivity contribution < 1.29 is 4.79 Å². The Morgan fingerprint density at radius 1 is 1.28 bits per heavy atom. The Balaban J connectivity index is 1.46. The lowest BCUT2D eigenvalue weighted by Crippen LogP contribution is -2.61. The summed E-state index contributed by atoms with van der Waals surface area (Å²) < 4.78 is 0. The van der Waals surface area contributed by atoms with Crippen LogP contribution in [0.1, 0.15) is 31.4 Å². The van der Waals surface area contributed by atoms with Gasteiger partial charge in [-0.3, -0.25) is 4.79 Å². The van der Waals surface area contributed by atoms with E-state index in [1.807, 2.05) is 22.8 Å². The first-order valence-corrected chi connectivity index (χ1v) is 11.8. The fourth-order valence-electron chi connectivity index (χ4n) is 4.11. The summed E-state index contributed by atoms with van der Waals surface area (Å²) in [6.07, 6.45) is 3.04. The zero-order valence-corrected chi connectivity index (χ0v) is 20.0. The van der Waals surface area contributed by atoms with Crippen LogP contribution in [0.3, 0.4) is 0 Å². The Bertz CT molecular complexity index is 986. The molecule has 3 heterocycles. The predicted octanol–water partition coefficient (Wildman–Crippen LogP) is 3.30. The van der Waals surface area contributed by atoms with Gasteiger partial charge in [0.1, 0.15) is 5.02 Å². The monoisotopic (exact) mass is 497 g/mol. The maximum absolute atomic E-state index is 12.7. The van der Waals surface area contributed by atoms with E-state index in [0.717, 1.165) is 24.9 Å². The molecule has 0 spiro atoms. The summed E-state index contributed by atoms with van der Waals surface area (Å²) in [7, 11) is 0. The molecule has 1 amide bonds. The number of amides is 1. The summed E-state index contributed by atoms with van der Waals surface area (Å²) in [5, 5.41) is 8.07. The average molecular weight is 499 g/mol. The van der Waals surface area contributed by atoms with Crippen molar-refractivity contribution >= 4 is 52.5 Å². The molecule has 32 heavy (non-hydrogen) atoms. The fourth-order valence-corrected chi connectivity index (χ4v) is 4.82. The Labute approximate surface area is 202 Å². The number of carbonyl (C=O) groups excluding carboxylic acids is 1. The van der Waals surface area contributed by atoms with E-state index in [1.54, 1.807) is 18.3 Å². The first-order chi connectivity index (χ1) is 15.3. The molecule has 0 bridgehead atoms. The van der Waals surface area contributed by atoms with Crippen molar-refractivity contribution in [1.29, 1.82) is 0 Å². The molecule has 2 fully saturated rings. The van der Waals surface area contributed by atoms with Crippen LogP contribution in [0.5, 0.6) is 0 Å². The van der Waals surface area contributed by atoms with Gasteiger partial charge < -0.3 is 26.2 Å². The van der Waals surface area contributed by atoms with E-state index in [-0.39, 0.29) is 18.0 Å². The number of hydrogen-bond acceptors (Lipinski definition) is 7. The minimum Gasteiger partial charge on any atom is -0.362 e. The molecule has 0 unspecified atom stereocenters. The third-order valence-corrected chi connectivity index (χ3v) is 6.70. The van der Waals surface area contributed by atoms with Crippen molar-refractivity contribution in [1.82, 2.24) is 20.2 Å². The van der Waals surface area contributed by atoms with Gasteiger partial charge in [0.25, 0.3) is 0 Å². The third-order valence-electron chi connectivity index (χ3n) is 5.86. The third kappa shape index (κ3) is 5.05. The molecule has 0 aliphatic carbocycles. The largest absolute Gasteiger partial charge is 0.362 e. The minimum absolute atomic E-state index is 0.0995. The van der Waals surface area contributed by atoms with Crippen molar-refractivity contribution in [3.8, 4) is 0 Å². The number of halogens is 3. The standard InChI is InChI=1S/C21H26Cl3N7O/c1-12(14-5-4-13(22)9-15(14)23)28-19-16(24)10-27-21(29-19)31-8-7-30(11-18(31)25)20(32)17-3-2-6-26-17/h4-5,9-10,12,17-18,26H,2-3,6-8,11,25H2,1H3,(H,27,28,29)/t12-,17-,18+/m1/s1. The van der Waals surface area contributed by atoms with E-state index in [4.69, 9.17) is 40.5 Å². The van der Waals surface area contributed by atoms with Crippen LogP contribution < -0.4 is 21.3 Å². The molecule has 2 aliphatic rings. The van der Waals surface area contributed by atoms with Crippen molar-refractivity contribution in [2.45, 2.75) is 38.0 Å². The molecule has 2 saturated heterocycles. The van der Waals surface area contributed by atoms with Crippen molar-refractivity contribution in [2.75, 3.05) is 36.4 Å². The first-order valence-electron chi connectivity index (χ1n) is 10.6. The number of aromatic nitrogens is 2. The van der Waals surface area contributed by atoms with E-state index in [1.165, 1.54) is 0 Å². The van der Waals surface area contributed by atoms with Gasteiger partial charge in [0.15, 0.2) is 5.82 Å². The highest BCUT2D eigenvalue weighted by molar-refractivity contribution is 6.35. The Hall–Kier alpha value is -1.84. The molecule has 11 heteroatoms. The van der Waals surface area contributed by atoms with Gasteiger partial charge in [-0.2, -0.15) is 4.98 Å². The van der Waals surface area contributed by atoms with E-state index in [0.29, 0.717) is 46.5 Å². The number of piperazine rings is 1. The quantitative estimate of drug-likeness (QED) is 0.582. The molecule has 2 aromatic rings. The number of anilines is 2. The lowest BCUT2D eigenvalue weighted by molar-refractivity contribution is -0.133. The summed E-state index contributed by atoms with van der Waals surface area (Å²) >= 11 is 18.7. The molecule has 0 radical (unpaired) electrons. The minimum atomic E-state index is -0.411. The molecular formula is C21H26Cl3N7O. The first kappa shape index (κ1) is 23.3. The zero-order valence-electron chi connectivity index (χ0n) is 17.7.